The van der Waals surface area contributed by atoms with E-state index in [1.807, 2.05) is 0 Å². The Hall–Kier alpha value is -1.22. The van der Waals surface area contributed by atoms with Crippen molar-refractivity contribution in [1.29, 1.82) is 0 Å². The van der Waals surface area contributed by atoms with E-state index in [4.69, 9.17) is 11.6 Å². The number of rotatable bonds is 1. The molecule has 0 saturated carbocycles. The molecular formula is C10H11ClO3. The van der Waals surface area contributed by atoms with Crippen molar-refractivity contribution in [1.82, 2.24) is 0 Å². The van der Waals surface area contributed by atoms with Gasteiger partial charge < -0.3 is 9.84 Å². The second-order valence-corrected chi connectivity index (χ2v) is 3.40. The number of aryl methyl sites for hydroxylation is 1. The van der Waals surface area contributed by atoms with Crippen LogP contribution in [0.5, 0.6) is 5.75 Å². The molecule has 0 aliphatic carbocycles. The molecule has 0 aliphatic heterocycles. The van der Waals surface area contributed by atoms with Gasteiger partial charge in [0.05, 0.1) is 7.11 Å². The molecule has 0 amide bonds. The first-order valence-electron chi connectivity index (χ1n) is 4.06. The van der Waals surface area contributed by atoms with Crippen molar-refractivity contribution in [3.05, 3.63) is 27.8 Å². The lowest BCUT2D eigenvalue weighted by molar-refractivity contribution is 0.0596. The monoisotopic (exact) mass is 214 g/mol. The van der Waals surface area contributed by atoms with Crippen LogP contribution >= 0.6 is 11.6 Å². The molecule has 1 N–H and O–H groups in total. The van der Waals surface area contributed by atoms with E-state index in [1.165, 1.54) is 13.2 Å². The van der Waals surface area contributed by atoms with Crippen molar-refractivity contribution >= 4 is 17.6 Å². The van der Waals surface area contributed by atoms with Gasteiger partial charge in [-0.25, -0.2) is 4.79 Å². The third-order valence-electron chi connectivity index (χ3n) is 2.05. The van der Waals surface area contributed by atoms with Crippen LogP contribution in [-0.2, 0) is 4.74 Å². The maximum Gasteiger partial charge on any atom is 0.341 e. The van der Waals surface area contributed by atoms with Gasteiger partial charge in [0, 0.05) is 5.02 Å². The van der Waals surface area contributed by atoms with E-state index >= 15 is 0 Å². The number of carbonyl (C=O) groups excluding carboxylic acids is 1. The highest BCUT2D eigenvalue weighted by Crippen LogP contribution is 2.31. The second-order valence-electron chi connectivity index (χ2n) is 3.02. The molecule has 0 aliphatic rings. The maximum absolute atomic E-state index is 11.3. The number of aromatic hydroxyl groups is 1. The second kappa shape index (κ2) is 3.88. The van der Waals surface area contributed by atoms with E-state index in [1.54, 1.807) is 13.8 Å². The third-order valence-corrected chi connectivity index (χ3v) is 2.63. The fraction of sp³-hybridized carbons (Fsp3) is 0.300. The minimum Gasteiger partial charge on any atom is -0.507 e. The fourth-order valence-corrected chi connectivity index (χ4v) is 1.45. The Morgan fingerprint density at radius 1 is 1.50 bits per heavy atom. The van der Waals surface area contributed by atoms with Crippen LogP contribution < -0.4 is 0 Å². The first kappa shape index (κ1) is 10.9. The number of ether oxygens (including phenoxy) is 1. The van der Waals surface area contributed by atoms with Gasteiger partial charge in [0.1, 0.15) is 11.3 Å². The molecule has 14 heavy (non-hydrogen) atoms. The van der Waals surface area contributed by atoms with Gasteiger partial charge in [0.2, 0.25) is 0 Å². The number of halogens is 1. The van der Waals surface area contributed by atoms with E-state index in [2.05, 4.69) is 4.74 Å². The summed E-state index contributed by atoms with van der Waals surface area (Å²) in [5, 5.41) is 10.0. The number of phenols is 1. The van der Waals surface area contributed by atoms with Gasteiger partial charge in [-0.05, 0) is 31.0 Å². The van der Waals surface area contributed by atoms with Crippen LogP contribution in [0.1, 0.15) is 21.5 Å². The number of phenolic OH excluding ortho intramolecular Hbond substituents is 1. The molecule has 1 aromatic carbocycles. The third kappa shape index (κ3) is 1.68. The first-order chi connectivity index (χ1) is 6.49. The zero-order valence-corrected chi connectivity index (χ0v) is 8.97. The number of carbonyl (C=O) groups is 1. The van der Waals surface area contributed by atoms with Crippen LogP contribution in [0, 0.1) is 13.8 Å². The Kier molecular flexibility index (Phi) is 3.01. The van der Waals surface area contributed by atoms with Gasteiger partial charge in [-0.3, -0.25) is 0 Å². The number of esters is 1. The van der Waals surface area contributed by atoms with Gasteiger partial charge in [0.25, 0.3) is 0 Å². The summed E-state index contributed by atoms with van der Waals surface area (Å²) >= 11 is 5.94. The molecular weight excluding hydrogens is 204 g/mol. The molecule has 0 saturated heterocycles. The highest BCUT2D eigenvalue weighted by atomic mass is 35.5. The molecule has 0 atom stereocenters. The Balaban J connectivity index is 3.44. The number of benzene rings is 1. The van der Waals surface area contributed by atoms with Crippen molar-refractivity contribution in [2.75, 3.05) is 7.11 Å². The maximum atomic E-state index is 11.3. The molecule has 76 valence electrons. The largest absolute Gasteiger partial charge is 0.507 e. The number of hydrogen-bond acceptors (Lipinski definition) is 3. The van der Waals surface area contributed by atoms with Crippen LogP contribution in [-0.4, -0.2) is 18.2 Å². The molecule has 0 heterocycles. The van der Waals surface area contributed by atoms with Gasteiger partial charge in [-0.15, -0.1) is 0 Å². The van der Waals surface area contributed by atoms with Crippen molar-refractivity contribution in [2.45, 2.75) is 13.8 Å². The van der Waals surface area contributed by atoms with Crippen LogP contribution in [0.15, 0.2) is 6.07 Å². The Morgan fingerprint density at radius 3 is 2.57 bits per heavy atom. The van der Waals surface area contributed by atoms with E-state index in [0.29, 0.717) is 10.6 Å². The highest BCUT2D eigenvalue weighted by Gasteiger charge is 2.18. The van der Waals surface area contributed by atoms with Crippen molar-refractivity contribution in [2.24, 2.45) is 0 Å². The fourth-order valence-electron chi connectivity index (χ4n) is 1.30. The summed E-state index contributed by atoms with van der Waals surface area (Å²) < 4.78 is 4.54. The lowest BCUT2D eigenvalue weighted by atomic mass is 10.0. The van der Waals surface area contributed by atoms with Crippen LogP contribution in [0.2, 0.25) is 5.02 Å². The lowest BCUT2D eigenvalue weighted by Gasteiger charge is -2.10. The molecule has 4 heteroatoms. The average molecular weight is 215 g/mol. The molecule has 1 rings (SSSR count). The van der Waals surface area contributed by atoms with Gasteiger partial charge in [-0.2, -0.15) is 0 Å². The van der Waals surface area contributed by atoms with Crippen LogP contribution in [0.4, 0.5) is 0 Å². The quantitative estimate of drug-likeness (QED) is 0.731. The molecule has 0 spiro atoms. The average Bonchev–Trinajstić information content (AvgIpc) is 2.14. The normalized spacial score (nSPS) is 10.0. The molecule has 0 radical (unpaired) electrons. The van der Waals surface area contributed by atoms with Crippen molar-refractivity contribution in [3.63, 3.8) is 0 Å². The standard InChI is InChI=1S/C10H11ClO3/c1-5-4-7(12)8(10(13)14-3)6(2)9(5)11/h4,12H,1-3H3. The minimum absolute atomic E-state index is 0.101. The van der Waals surface area contributed by atoms with E-state index in [9.17, 15) is 9.90 Å². The summed E-state index contributed by atoms with van der Waals surface area (Å²) in [6.45, 7) is 3.43. The van der Waals surface area contributed by atoms with Gasteiger partial charge in [0.15, 0.2) is 0 Å². The summed E-state index contributed by atoms with van der Waals surface area (Å²) in [6, 6.07) is 1.45. The molecule has 0 bridgehead atoms. The molecule has 1 aromatic rings. The summed E-state index contributed by atoms with van der Waals surface area (Å²) in [6.07, 6.45) is 0. The smallest absolute Gasteiger partial charge is 0.341 e. The Bertz CT molecular complexity index is 385. The predicted octanol–water partition coefficient (Wildman–Crippen LogP) is 2.45. The lowest BCUT2D eigenvalue weighted by Crippen LogP contribution is -2.05. The van der Waals surface area contributed by atoms with Crippen molar-refractivity contribution < 1.29 is 14.6 Å². The van der Waals surface area contributed by atoms with Crippen molar-refractivity contribution in [3.8, 4) is 5.75 Å². The summed E-state index contributed by atoms with van der Waals surface area (Å²) in [5.41, 5.74) is 1.40. The van der Waals surface area contributed by atoms with Gasteiger partial charge in [-0.1, -0.05) is 11.6 Å². The molecule has 0 unspecified atom stereocenters. The topological polar surface area (TPSA) is 46.5 Å². The summed E-state index contributed by atoms with van der Waals surface area (Å²) in [5.74, 6) is -0.682. The van der Waals surface area contributed by atoms with E-state index < -0.39 is 5.97 Å². The molecule has 0 aromatic heterocycles. The van der Waals surface area contributed by atoms with Crippen LogP contribution in [0.25, 0.3) is 0 Å². The highest BCUT2D eigenvalue weighted by molar-refractivity contribution is 6.32. The summed E-state index contributed by atoms with van der Waals surface area (Å²) in [4.78, 5) is 11.3. The van der Waals surface area contributed by atoms with Gasteiger partial charge >= 0.3 is 5.97 Å². The Labute approximate surface area is 87.3 Å². The number of methoxy groups -OCH3 is 1. The zero-order valence-electron chi connectivity index (χ0n) is 8.22. The minimum atomic E-state index is -0.582. The van der Waals surface area contributed by atoms with E-state index in [0.717, 1.165) is 5.56 Å². The summed E-state index contributed by atoms with van der Waals surface area (Å²) in [7, 11) is 1.26. The molecule has 3 nitrogen and oxygen atoms in total. The van der Waals surface area contributed by atoms with Crippen LogP contribution in [0.3, 0.4) is 0 Å². The number of hydrogen-bond donors (Lipinski definition) is 1. The first-order valence-corrected chi connectivity index (χ1v) is 4.43. The SMILES string of the molecule is COC(=O)c1c(O)cc(C)c(Cl)c1C. The zero-order chi connectivity index (χ0) is 10.9. The Morgan fingerprint density at radius 2 is 2.07 bits per heavy atom. The molecule has 0 fully saturated rings. The van der Waals surface area contributed by atoms with E-state index in [-0.39, 0.29) is 11.3 Å². The predicted molar refractivity (Wildman–Crippen MR) is 53.9 cm³/mol.